The number of hydrogen-bond donors (Lipinski definition) is 1. The first-order valence-electron chi connectivity index (χ1n) is 8.57. The summed E-state index contributed by atoms with van der Waals surface area (Å²) in [5, 5.41) is 9.29. The van der Waals surface area contributed by atoms with Gasteiger partial charge in [0.05, 0.1) is 23.9 Å². The molecule has 1 aromatic carbocycles. The molecule has 146 valence electrons. The Labute approximate surface area is 164 Å². The molecule has 0 atom stereocenters. The number of carboxylic acid groups (broad SMARTS) is 1. The quantitative estimate of drug-likeness (QED) is 0.740. The van der Waals surface area contributed by atoms with Gasteiger partial charge in [0.1, 0.15) is 5.75 Å². The van der Waals surface area contributed by atoms with E-state index in [0.717, 1.165) is 17.2 Å². The lowest BCUT2D eigenvalue weighted by Crippen LogP contribution is -2.41. The second kappa shape index (κ2) is 8.08. The summed E-state index contributed by atoms with van der Waals surface area (Å²) >= 11 is 1.15. The van der Waals surface area contributed by atoms with Crippen molar-refractivity contribution in [1.29, 1.82) is 0 Å². The van der Waals surface area contributed by atoms with Gasteiger partial charge in [-0.15, -0.1) is 0 Å². The van der Waals surface area contributed by atoms with Crippen molar-refractivity contribution in [1.82, 2.24) is 0 Å². The van der Waals surface area contributed by atoms with Crippen LogP contribution in [0.15, 0.2) is 23.7 Å². The molecule has 0 radical (unpaired) electrons. The molecule has 1 aliphatic heterocycles. The molecule has 1 aromatic rings. The average Bonchev–Trinajstić information content (AvgIpc) is 2.78. The first kappa shape index (κ1) is 21.5. The summed E-state index contributed by atoms with van der Waals surface area (Å²) in [5.74, 6) is -0.223. The van der Waals surface area contributed by atoms with E-state index in [1.807, 2.05) is 27.7 Å². The summed E-state index contributed by atoms with van der Waals surface area (Å²) in [6.07, 6.45) is 1.80. The molecule has 0 aromatic heterocycles. The van der Waals surface area contributed by atoms with E-state index in [-0.39, 0.29) is 10.7 Å². The van der Waals surface area contributed by atoms with Crippen molar-refractivity contribution < 1.29 is 28.7 Å². The van der Waals surface area contributed by atoms with Crippen LogP contribution in [0.3, 0.4) is 0 Å². The molecule has 0 unspecified atom stereocenters. The van der Waals surface area contributed by atoms with E-state index in [1.54, 1.807) is 18.2 Å². The van der Waals surface area contributed by atoms with Crippen LogP contribution in [0.5, 0.6) is 5.75 Å². The third-order valence-electron chi connectivity index (χ3n) is 4.76. The predicted molar refractivity (Wildman–Crippen MR) is 107 cm³/mol. The van der Waals surface area contributed by atoms with Gasteiger partial charge in [-0.2, -0.15) is 0 Å². The van der Waals surface area contributed by atoms with Gasteiger partial charge in [-0.3, -0.25) is 4.79 Å². The van der Waals surface area contributed by atoms with E-state index < -0.39 is 24.3 Å². The number of aromatic carboxylic acids is 1. The lowest BCUT2D eigenvalue weighted by atomic mass is 9.78. The number of carbonyl (C=O) groups excluding carboxylic acids is 1. The zero-order chi connectivity index (χ0) is 20.4. The summed E-state index contributed by atoms with van der Waals surface area (Å²) in [7, 11) is 0.858. The highest BCUT2D eigenvalue weighted by atomic mass is 32.2. The highest BCUT2D eigenvalue weighted by molar-refractivity contribution is 8.13. The number of hydrogen-bond acceptors (Lipinski definition) is 6. The Morgan fingerprint density at radius 3 is 2.26 bits per heavy atom. The molecular weight excluding hydrogens is 367 g/mol. The molecule has 1 saturated heterocycles. The number of thioether (sulfide) groups is 1. The van der Waals surface area contributed by atoms with E-state index >= 15 is 0 Å². The molecule has 1 fully saturated rings. The highest BCUT2D eigenvalue weighted by Gasteiger charge is 2.52. The summed E-state index contributed by atoms with van der Waals surface area (Å²) in [4.78, 5) is 22.8. The van der Waals surface area contributed by atoms with Crippen LogP contribution < -0.4 is 4.74 Å². The Morgan fingerprint density at radius 1 is 1.19 bits per heavy atom. The van der Waals surface area contributed by atoms with Crippen LogP contribution in [0, 0.1) is 0 Å². The van der Waals surface area contributed by atoms with Gasteiger partial charge in [0.2, 0.25) is 0 Å². The van der Waals surface area contributed by atoms with Crippen molar-refractivity contribution >= 4 is 36.0 Å². The number of carboxylic acids is 1. The zero-order valence-electron chi connectivity index (χ0n) is 16.5. The molecule has 0 aliphatic carbocycles. The van der Waals surface area contributed by atoms with Gasteiger partial charge in [0, 0.05) is 12.7 Å². The topological polar surface area (TPSA) is 82.1 Å². The van der Waals surface area contributed by atoms with Gasteiger partial charge in [-0.05, 0) is 56.9 Å². The molecule has 0 amide bonds. The van der Waals surface area contributed by atoms with Crippen LogP contribution >= 0.6 is 11.8 Å². The molecule has 6 nitrogen and oxygen atoms in total. The van der Waals surface area contributed by atoms with Gasteiger partial charge >= 0.3 is 13.1 Å². The number of rotatable bonds is 6. The van der Waals surface area contributed by atoms with Gasteiger partial charge in [0.25, 0.3) is 0 Å². The Kier molecular flexibility index (Phi) is 6.45. The van der Waals surface area contributed by atoms with Gasteiger partial charge in [-0.1, -0.05) is 17.8 Å². The van der Waals surface area contributed by atoms with Crippen LogP contribution in [-0.2, 0) is 14.1 Å². The van der Waals surface area contributed by atoms with Crippen LogP contribution in [0.25, 0.3) is 6.08 Å². The van der Waals surface area contributed by atoms with Crippen molar-refractivity contribution in [2.24, 2.45) is 0 Å². The molecule has 0 saturated carbocycles. The van der Waals surface area contributed by atoms with Crippen LogP contribution in [0.2, 0.25) is 0 Å². The highest BCUT2D eigenvalue weighted by Crippen LogP contribution is 2.39. The first-order valence-corrected chi connectivity index (χ1v) is 9.55. The third kappa shape index (κ3) is 5.15. The average molecular weight is 392 g/mol. The summed E-state index contributed by atoms with van der Waals surface area (Å²) in [6.45, 7) is 9.32. The standard InChI is InChI=1S/C19H25BO6S/c1-12(21)27-11-15(20-25-18(2,3)19(4,5)26-20)8-13-7-14(17(22)23)10-16(9-13)24-6/h7-10H,11H2,1-6H3,(H,22,23). The largest absolute Gasteiger partial charge is 0.497 e. The summed E-state index contributed by atoms with van der Waals surface area (Å²) in [5.41, 5.74) is 0.475. The molecule has 0 spiro atoms. The Morgan fingerprint density at radius 2 is 1.78 bits per heavy atom. The number of carbonyl (C=O) groups is 2. The summed E-state index contributed by atoms with van der Waals surface area (Å²) in [6, 6.07) is 4.74. The monoisotopic (exact) mass is 392 g/mol. The van der Waals surface area contributed by atoms with Crippen LogP contribution in [0.4, 0.5) is 0 Å². The van der Waals surface area contributed by atoms with E-state index in [1.165, 1.54) is 20.1 Å². The SMILES string of the molecule is COc1cc(C=C(CSC(C)=O)B2OC(C)(C)C(C)(C)O2)cc(C(=O)O)c1. The van der Waals surface area contributed by atoms with Crippen molar-refractivity contribution in [3.63, 3.8) is 0 Å². The Hall–Kier alpha value is -1.77. The minimum Gasteiger partial charge on any atom is -0.497 e. The molecule has 1 heterocycles. The van der Waals surface area contributed by atoms with Crippen molar-refractivity contribution in [3.05, 3.63) is 34.8 Å². The number of benzene rings is 1. The number of ether oxygens (including phenoxy) is 1. The molecular formula is C19H25BO6S. The Balaban J connectivity index is 2.44. The minimum absolute atomic E-state index is 0.0192. The molecule has 27 heavy (non-hydrogen) atoms. The Bertz CT molecular complexity index is 755. The molecule has 2 rings (SSSR count). The second-order valence-electron chi connectivity index (χ2n) is 7.39. The maximum absolute atomic E-state index is 11.5. The molecule has 8 heteroatoms. The van der Waals surface area contributed by atoms with Crippen LogP contribution in [0.1, 0.15) is 50.5 Å². The van der Waals surface area contributed by atoms with Gasteiger partial charge in [-0.25, -0.2) is 4.79 Å². The molecule has 1 N–H and O–H groups in total. The van der Waals surface area contributed by atoms with E-state index in [0.29, 0.717) is 17.1 Å². The lowest BCUT2D eigenvalue weighted by Gasteiger charge is -2.32. The van der Waals surface area contributed by atoms with Crippen molar-refractivity contribution in [2.45, 2.75) is 45.8 Å². The molecule has 1 aliphatic rings. The van der Waals surface area contributed by atoms with E-state index in [2.05, 4.69) is 0 Å². The van der Waals surface area contributed by atoms with Gasteiger partial charge in [0.15, 0.2) is 5.12 Å². The molecule has 0 bridgehead atoms. The fourth-order valence-corrected chi connectivity index (χ4v) is 3.11. The minimum atomic E-state index is -1.04. The smallest absolute Gasteiger partial charge is 0.491 e. The second-order valence-corrected chi connectivity index (χ2v) is 8.54. The van der Waals surface area contributed by atoms with Crippen molar-refractivity contribution in [2.75, 3.05) is 12.9 Å². The lowest BCUT2D eigenvalue weighted by molar-refractivity contribution is -0.109. The normalized spacial score (nSPS) is 18.4. The fourth-order valence-electron chi connectivity index (χ4n) is 2.52. The maximum Gasteiger partial charge on any atom is 0.491 e. The first-order chi connectivity index (χ1) is 12.4. The fraction of sp³-hybridized carbons (Fsp3) is 0.474. The van der Waals surface area contributed by atoms with Crippen LogP contribution in [-0.4, -0.2) is 47.4 Å². The van der Waals surface area contributed by atoms with E-state index in [4.69, 9.17) is 14.0 Å². The third-order valence-corrected chi connectivity index (χ3v) is 5.65. The van der Waals surface area contributed by atoms with Crippen molar-refractivity contribution in [3.8, 4) is 5.75 Å². The van der Waals surface area contributed by atoms with Gasteiger partial charge < -0.3 is 19.2 Å². The zero-order valence-corrected chi connectivity index (χ0v) is 17.3. The van der Waals surface area contributed by atoms with E-state index in [9.17, 15) is 14.7 Å². The number of methoxy groups -OCH3 is 1. The summed E-state index contributed by atoms with van der Waals surface area (Å²) < 4.78 is 17.4. The predicted octanol–water partition coefficient (Wildman–Crippen LogP) is 3.69. The maximum atomic E-state index is 11.5.